The molecule has 2 heterocycles. The number of benzene rings is 5. The SMILES string of the molecule is Cc1ccc(N(C2=C3C=CC4CC(C)CC5C=CC(=C3C45)C(N(C3=CCCc4c3oc3ccccc43)c3ccc(C)c(C)c3)C2)c2cccc3c2oc2ccccc23)cc1C. The van der Waals surface area contributed by atoms with Crippen molar-refractivity contribution in [3.8, 4) is 0 Å². The van der Waals surface area contributed by atoms with E-state index in [0.717, 1.165) is 63.9 Å². The van der Waals surface area contributed by atoms with Gasteiger partial charge in [-0.05, 0) is 158 Å². The van der Waals surface area contributed by atoms with Crippen LogP contribution in [0.5, 0.6) is 0 Å². The second-order valence-electron chi connectivity index (χ2n) is 18.6. The fraction of sp³-hybridized carbons (Fsp3) is 0.263. The van der Waals surface area contributed by atoms with E-state index in [1.165, 1.54) is 74.3 Å². The van der Waals surface area contributed by atoms with Crippen molar-refractivity contribution in [2.24, 2.45) is 23.7 Å². The Bertz CT molecular complexity index is 3120. The maximum Gasteiger partial charge on any atom is 0.159 e. The molecule has 61 heavy (non-hydrogen) atoms. The molecule has 0 spiro atoms. The first-order valence-electron chi connectivity index (χ1n) is 22.5. The Kier molecular flexibility index (Phi) is 8.33. The molecule has 4 nitrogen and oxygen atoms in total. The predicted molar refractivity (Wildman–Crippen MR) is 252 cm³/mol. The minimum Gasteiger partial charge on any atom is -0.454 e. The van der Waals surface area contributed by atoms with Gasteiger partial charge in [0.15, 0.2) is 11.3 Å². The molecule has 1 fully saturated rings. The number of hydrogen-bond donors (Lipinski definition) is 0. The summed E-state index contributed by atoms with van der Waals surface area (Å²) in [6.45, 7) is 11.4. The molecule has 0 N–H and O–H groups in total. The van der Waals surface area contributed by atoms with E-state index in [1.54, 1.807) is 5.57 Å². The lowest BCUT2D eigenvalue weighted by atomic mass is 9.57. The van der Waals surface area contributed by atoms with E-state index in [1.807, 2.05) is 0 Å². The Morgan fingerprint density at radius 2 is 1.31 bits per heavy atom. The first-order valence-corrected chi connectivity index (χ1v) is 22.5. The third kappa shape index (κ3) is 5.64. The largest absolute Gasteiger partial charge is 0.454 e. The van der Waals surface area contributed by atoms with Gasteiger partial charge in [-0.2, -0.15) is 0 Å². The molecule has 1 saturated carbocycles. The highest BCUT2D eigenvalue weighted by atomic mass is 16.3. The van der Waals surface area contributed by atoms with E-state index < -0.39 is 0 Å². The van der Waals surface area contributed by atoms with E-state index >= 15 is 0 Å². The molecule has 0 saturated heterocycles. The molecule has 0 radical (unpaired) electrons. The van der Waals surface area contributed by atoms with Crippen LogP contribution in [-0.4, -0.2) is 6.04 Å². The molecule has 302 valence electrons. The van der Waals surface area contributed by atoms with Crippen LogP contribution in [0.3, 0.4) is 0 Å². The van der Waals surface area contributed by atoms with Crippen LogP contribution in [0, 0.1) is 51.4 Å². The molecular weight excluding hydrogens is 745 g/mol. The fourth-order valence-electron chi connectivity index (χ4n) is 11.8. The van der Waals surface area contributed by atoms with E-state index in [9.17, 15) is 0 Å². The van der Waals surface area contributed by atoms with Crippen LogP contribution in [0.25, 0.3) is 38.6 Å². The zero-order valence-corrected chi connectivity index (χ0v) is 35.8. The van der Waals surface area contributed by atoms with Crippen molar-refractivity contribution in [1.29, 1.82) is 0 Å². The summed E-state index contributed by atoms with van der Waals surface area (Å²) in [5.74, 6) is 3.15. The Balaban J connectivity index is 1.14. The summed E-state index contributed by atoms with van der Waals surface area (Å²) in [6.07, 6.45) is 17.9. The zero-order chi connectivity index (χ0) is 41.1. The molecule has 5 atom stereocenters. The van der Waals surface area contributed by atoms with Crippen LogP contribution in [0.1, 0.15) is 66.2 Å². The minimum atomic E-state index is -0.00566. The van der Waals surface area contributed by atoms with Gasteiger partial charge in [-0.15, -0.1) is 0 Å². The lowest BCUT2D eigenvalue weighted by Gasteiger charge is -2.51. The van der Waals surface area contributed by atoms with Gasteiger partial charge in [-0.3, -0.25) is 0 Å². The van der Waals surface area contributed by atoms with Gasteiger partial charge in [0, 0.05) is 45.2 Å². The summed E-state index contributed by atoms with van der Waals surface area (Å²) in [6, 6.07) is 37.9. The number of rotatable bonds is 6. The molecular formula is C57H52N2O2. The van der Waals surface area contributed by atoms with Crippen molar-refractivity contribution in [1.82, 2.24) is 0 Å². The molecule has 5 aromatic carbocycles. The summed E-state index contributed by atoms with van der Waals surface area (Å²) in [5.41, 5.74) is 19.6. The highest BCUT2D eigenvalue weighted by Gasteiger charge is 2.47. The summed E-state index contributed by atoms with van der Waals surface area (Å²) in [7, 11) is 0. The van der Waals surface area contributed by atoms with Crippen LogP contribution in [0.15, 0.2) is 165 Å². The van der Waals surface area contributed by atoms with Gasteiger partial charge in [0.05, 0.1) is 17.4 Å². The Morgan fingerprint density at radius 3 is 2.08 bits per heavy atom. The Labute approximate surface area is 358 Å². The standard InChI is InChI=1S/C57H52N2O2/c1-33-28-38-22-26-46-50(58(40-24-20-34(2)36(4)30-40)48-16-10-14-44-42-12-6-8-18-52(42)60-56(44)48)32-51(47-27-23-39(29-33)54(38)55(46)47)59(41-25-21-35(3)37(5)31-41)49-17-11-15-45-43-13-7-9-19-53(43)61-57(45)49/h6-10,12-14,16-27,30-31,33,38-39,51,54H,11,15,28-29,32H2,1-5H3. The zero-order valence-electron chi connectivity index (χ0n) is 35.8. The fourth-order valence-corrected chi connectivity index (χ4v) is 11.8. The van der Waals surface area contributed by atoms with Crippen LogP contribution in [0.2, 0.25) is 0 Å². The van der Waals surface area contributed by atoms with Crippen LogP contribution < -0.4 is 9.80 Å². The molecule has 0 aliphatic heterocycles. The van der Waals surface area contributed by atoms with Crippen molar-refractivity contribution in [3.05, 3.63) is 190 Å². The molecule has 5 unspecified atom stereocenters. The number of aryl methyl sites for hydroxylation is 5. The molecule has 2 aromatic heterocycles. The van der Waals surface area contributed by atoms with Crippen LogP contribution >= 0.6 is 0 Å². The lowest BCUT2D eigenvalue weighted by molar-refractivity contribution is 0.196. The molecule has 5 aliphatic rings. The second kappa shape index (κ2) is 13.9. The van der Waals surface area contributed by atoms with E-state index in [4.69, 9.17) is 8.83 Å². The van der Waals surface area contributed by atoms with Crippen molar-refractivity contribution in [3.63, 3.8) is 0 Å². The summed E-state index contributed by atoms with van der Waals surface area (Å²) in [4.78, 5) is 5.25. The first kappa shape index (κ1) is 36.6. The molecule has 0 bridgehead atoms. The number of para-hydroxylation sites is 3. The van der Waals surface area contributed by atoms with Gasteiger partial charge in [0.1, 0.15) is 11.2 Å². The first-order chi connectivity index (χ1) is 29.8. The number of fused-ring (bicyclic) bond motifs is 6. The number of furan rings is 2. The highest BCUT2D eigenvalue weighted by Crippen LogP contribution is 2.57. The molecule has 12 rings (SSSR count). The van der Waals surface area contributed by atoms with Gasteiger partial charge < -0.3 is 18.6 Å². The van der Waals surface area contributed by atoms with Gasteiger partial charge >= 0.3 is 0 Å². The van der Waals surface area contributed by atoms with E-state index in [2.05, 4.69) is 178 Å². The predicted octanol–water partition coefficient (Wildman–Crippen LogP) is 14.9. The smallest absolute Gasteiger partial charge is 0.159 e. The summed E-state index contributed by atoms with van der Waals surface area (Å²) >= 11 is 0. The monoisotopic (exact) mass is 796 g/mol. The topological polar surface area (TPSA) is 32.8 Å². The average molecular weight is 797 g/mol. The van der Waals surface area contributed by atoms with Gasteiger partial charge in [-0.1, -0.05) is 98.0 Å². The molecule has 0 amide bonds. The number of anilines is 3. The lowest BCUT2D eigenvalue weighted by Crippen LogP contribution is -2.45. The maximum atomic E-state index is 6.96. The normalized spacial score (nSPS) is 22.8. The van der Waals surface area contributed by atoms with E-state index in [0.29, 0.717) is 23.7 Å². The molecule has 7 aromatic rings. The van der Waals surface area contributed by atoms with Crippen molar-refractivity contribution < 1.29 is 8.83 Å². The van der Waals surface area contributed by atoms with Crippen molar-refractivity contribution >= 4 is 55.7 Å². The average Bonchev–Trinajstić information content (AvgIpc) is 3.85. The number of hydrogen-bond acceptors (Lipinski definition) is 4. The molecule has 5 aliphatic carbocycles. The third-order valence-electron chi connectivity index (χ3n) is 14.9. The van der Waals surface area contributed by atoms with Crippen molar-refractivity contribution in [2.75, 3.05) is 9.80 Å². The summed E-state index contributed by atoms with van der Waals surface area (Å²) < 4.78 is 13.9. The van der Waals surface area contributed by atoms with E-state index in [-0.39, 0.29) is 6.04 Å². The van der Waals surface area contributed by atoms with Gasteiger partial charge in [0.2, 0.25) is 0 Å². The summed E-state index contributed by atoms with van der Waals surface area (Å²) in [5, 5.41) is 3.52. The van der Waals surface area contributed by atoms with Crippen molar-refractivity contribution in [2.45, 2.75) is 72.8 Å². The maximum absolute atomic E-state index is 6.96. The number of nitrogens with zero attached hydrogens (tertiary/aromatic N) is 2. The third-order valence-corrected chi connectivity index (χ3v) is 14.9. The van der Waals surface area contributed by atoms with Gasteiger partial charge in [0.25, 0.3) is 0 Å². The van der Waals surface area contributed by atoms with Crippen LogP contribution in [0.4, 0.5) is 17.1 Å². The molecule has 4 heteroatoms. The van der Waals surface area contributed by atoms with Crippen LogP contribution in [-0.2, 0) is 6.42 Å². The minimum absolute atomic E-state index is 0.00566. The Morgan fingerprint density at radius 1 is 0.639 bits per heavy atom. The number of allylic oxidation sites excluding steroid dienone is 6. The Hall–Kier alpha value is -6.26. The second-order valence-corrected chi connectivity index (χ2v) is 18.6. The quantitative estimate of drug-likeness (QED) is 0.168. The highest BCUT2D eigenvalue weighted by molar-refractivity contribution is 6.10. The van der Waals surface area contributed by atoms with Gasteiger partial charge in [-0.25, -0.2) is 0 Å².